The second-order valence-corrected chi connectivity index (χ2v) is 7.60. The second kappa shape index (κ2) is 4.78. The Kier molecular flexibility index (Phi) is 3.18. The first-order valence-corrected chi connectivity index (χ1v) is 8.66. The molecule has 2 saturated carbocycles. The molecule has 0 aromatic heterocycles. The fourth-order valence-electron chi connectivity index (χ4n) is 6.15. The maximum Gasteiger partial charge on any atom is 0.302 e. The standard InChI is InChI=1S/C17H25NO4/c1-11(19)22-15-5-7-16-12-4-2-8-18(16)9-3-6-17(16,21)13(15)10-14(12)20/h12-13,15,21H,2-10H2,1H3/t12-,13-,15+,16+,17+/m1/s1. The topological polar surface area (TPSA) is 66.8 Å². The number of rotatable bonds is 1. The van der Waals surface area contributed by atoms with E-state index in [2.05, 4.69) is 4.90 Å². The summed E-state index contributed by atoms with van der Waals surface area (Å²) in [5.74, 6) is -0.288. The van der Waals surface area contributed by atoms with Crippen molar-refractivity contribution < 1.29 is 19.4 Å². The molecule has 22 heavy (non-hydrogen) atoms. The maximum absolute atomic E-state index is 12.8. The summed E-state index contributed by atoms with van der Waals surface area (Å²) in [7, 11) is 0. The molecule has 4 fully saturated rings. The van der Waals surface area contributed by atoms with Gasteiger partial charge in [-0.15, -0.1) is 0 Å². The highest BCUT2D eigenvalue weighted by Crippen LogP contribution is 2.60. The fraction of sp³-hybridized carbons (Fsp3) is 0.882. The van der Waals surface area contributed by atoms with Crippen LogP contribution in [0.1, 0.15) is 51.9 Å². The number of carbonyl (C=O) groups is 2. The number of carbonyl (C=O) groups excluding carboxylic acids is 2. The second-order valence-electron chi connectivity index (χ2n) is 7.60. The molecular formula is C17H25NO4. The summed E-state index contributed by atoms with van der Waals surface area (Å²) in [6, 6.07) is 0. The van der Waals surface area contributed by atoms with Crippen molar-refractivity contribution in [3.63, 3.8) is 0 Å². The lowest BCUT2D eigenvalue weighted by atomic mass is 9.47. The van der Waals surface area contributed by atoms with Gasteiger partial charge < -0.3 is 9.84 Å². The SMILES string of the molecule is CC(=O)O[C@H]1CC[C@@]23[C@@H]4CCCN2CCC[C@]3(O)[C@@H]1CC4=O. The van der Waals surface area contributed by atoms with Crippen LogP contribution in [0.4, 0.5) is 0 Å². The van der Waals surface area contributed by atoms with Crippen LogP contribution < -0.4 is 0 Å². The highest BCUT2D eigenvalue weighted by atomic mass is 16.5. The van der Waals surface area contributed by atoms with E-state index in [1.165, 1.54) is 6.92 Å². The Morgan fingerprint density at radius 1 is 1.27 bits per heavy atom. The predicted molar refractivity (Wildman–Crippen MR) is 79.1 cm³/mol. The van der Waals surface area contributed by atoms with E-state index >= 15 is 0 Å². The molecule has 0 aromatic carbocycles. The van der Waals surface area contributed by atoms with Gasteiger partial charge in [-0.3, -0.25) is 14.5 Å². The molecule has 4 rings (SSSR count). The van der Waals surface area contributed by atoms with E-state index in [-0.39, 0.29) is 35.2 Å². The Balaban J connectivity index is 1.79. The molecule has 1 spiro atoms. The summed E-state index contributed by atoms with van der Waals surface area (Å²) >= 11 is 0. The molecule has 1 N–H and O–H groups in total. The molecule has 0 aromatic rings. The Morgan fingerprint density at radius 2 is 2.05 bits per heavy atom. The fourth-order valence-corrected chi connectivity index (χ4v) is 6.15. The van der Waals surface area contributed by atoms with E-state index in [1.54, 1.807) is 0 Å². The highest BCUT2D eigenvalue weighted by molar-refractivity contribution is 5.85. The minimum atomic E-state index is -0.872. The third kappa shape index (κ3) is 1.67. The van der Waals surface area contributed by atoms with Crippen LogP contribution in [0.15, 0.2) is 0 Å². The largest absolute Gasteiger partial charge is 0.462 e. The molecule has 2 aliphatic carbocycles. The summed E-state index contributed by atoms with van der Waals surface area (Å²) < 4.78 is 5.49. The number of Topliss-reactive ketones (excluding diaryl/α,β-unsaturated/α-hetero) is 1. The van der Waals surface area contributed by atoms with Crippen LogP contribution in [0, 0.1) is 11.8 Å². The van der Waals surface area contributed by atoms with Gasteiger partial charge in [-0.1, -0.05) is 0 Å². The van der Waals surface area contributed by atoms with Crippen LogP contribution in [0.5, 0.6) is 0 Å². The van der Waals surface area contributed by atoms with Crippen molar-refractivity contribution in [1.29, 1.82) is 0 Å². The van der Waals surface area contributed by atoms with Crippen LogP contribution in [-0.2, 0) is 14.3 Å². The van der Waals surface area contributed by atoms with Gasteiger partial charge in [-0.25, -0.2) is 0 Å². The third-order valence-electron chi connectivity index (χ3n) is 6.80. The minimum Gasteiger partial charge on any atom is -0.462 e. The smallest absolute Gasteiger partial charge is 0.302 e. The van der Waals surface area contributed by atoms with Crippen molar-refractivity contribution in [3.05, 3.63) is 0 Å². The van der Waals surface area contributed by atoms with Gasteiger partial charge in [-0.05, 0) is 51.6 Å². The summed E-state index contributed by atoms with van der Waals surface area (Å²) in [6.45, 7) is 3.38. The normalized spacial score (nSPS) is 47.7. The minimum absolute atomic E-state index is 0.0268. The van der Waals surface area contributed by atoms with Crippen molar-refractivity contribution in [2.75, 3.05) is 13.1 Å². The molecule has 2 aliphatic heterocycles. The molecule has 0 amide bonds. The summed E-state index contributed by atoms with van der Waals surface area (Å²) in [4.78, 5) is 26.6. The molecule has 2 heterocycles. The average molecular weight is 307 g/mol. The Bertz CT molecular complexity index is 519. The zero-order chi connectivity index (χ0) is 15.5. The van der Waals surface area contributed by atoms with Crippen molar-refractivity contribution in [1.82, 2.24) is 4.90 Å². The van der Waals surface area contributed by atoms with Gasteiger partial charge in [0.05, 0.1) is 11.1 Å². The first kappa shape index (κ1) is 14.6. The van der Waals surface area contributed by atoms with Gasteiger partial charge in [0.15, 0.2) is 0 Å². The summed E-state index contributed by atoms with van der Waals surface area (Å²) in [5.41, 5.74) is -1.26. The number of ketones is 1. The monoisotopic (exact) mass is 307 g/mol. The number of ether oxygens (including phenoxy) is 1. The number of piperidine rings is 2. The van der Waals surface area contributed by atoms with Crippen molar-refractivity contribution in [2.45, 2.75) is 69.1 Å². The van der Waals surface area contributed by atoms with Gasteiger partial charge in [-0.2, -0.15) is 0 Å². The van der Waals surface area contributed by atoms with E-state index in [1.807, 2.05) is 0 Å². The van der Waals surface area contributed by atoms with Gasteiger partial charge in [0.2, 0.25) is 0 Å². The van der Waals surface area contributed by atoms with Crippen LogP contribution in [0.3, 0.4) is 0 Å². The molecule has 0 radical (unpaired) electrons. The van der Waals surface area contributed by atoms with E-state index in [4.69, 9.17) is 4.74 Å². The summed E-state index contributed by atoms with van der Waals surface area (Å²) in [6.07, 6.45) is 5.25. The van der Waals surface area contributed by atoms with E-state index in [0.29, 0.717) is 6.42 Å². The summed E-state index contributed by atoms with van der Waals surface area (Å²) in [5, 5.41) is 11.7. The molecule has 5 nitrogen and oxygen atoms in total. The molecule has 2 saturated heterocycles. The number of esters is 1. The number of aliphatic hydroxyl groups is 1. The first-order valence-electron chi connectivity index (χ1n) is 8.66. The molecule has 5 atom stereocenters. The van der Waals surface area contributed by atoms with Crippen molar-refractivity contribution >= 4 is 11.8 Å². The van der Waals surface area contributed by atoms with Crippen LogP contribution in [-0.4, -0.2) is 52.1 Å². The quantitative estimate of drug-likeness (QED) is 0.739. The van der Waals surface area contributed by atoms with E-state index in [0.717, 1.165) is 51.6 Å². The van der Waals surface area contributed by atoms with Gasteiger partial charge in [0, 0.05) is 25.2 Å². The van der Waals surface area contributed by atoms with E-state index in [9.17, 15) is 14.7 Å². The van der Waals surface area contributed by atoms with Crippen molar-refractivity contribution in [2.24, 2.45) is 11.8 Å². The lowest BCUT2D eigenvalue weighted by molar-refractivity contribution is -0.263. The lowest BCUT2D eigenvalue weighted by Crippen LogP contribution is -2.81. The molecule has 122 valence electrons. The molecule has 4 aliphatic rings. The Morgan fingerprint density at radius 3 is 2.82 bits per heavy atom. The van der Waals surface area contributed by atoms with Crippen molar-refractivity contribution in [3.8, 4) is 0 Å². The molecule has 5 heteroatoms. The highest BCUT2D eigenvalue weighted by Gasteiger charge is 2.71. The van der Waals surface area contributed by atoms with Gasteiger partial charge in [0.1, 0.15) is 11.9 Å². The number of nitrogens with zero attached hydrogens (tertiary/aromatic N) is 1. The van der Waals surface area contributed by atoms with Crippen LogP contribution in [0.25, 0.3) is 0 Å². The van der Waals surface area contributed by atoms with Crippen LogP contribution in [0.2, 0.25) is 0 Å². The average Bonchev–Trinajstić information content (AvgIpc) is 2.46. The molecular weight excluding hydrogens is 282 g/mol. The first-order chi connectivity index (χ1) is 10.5. The zero-order valence-electron chi connectivity index (χ0n) is 13.2. The Hall–Kier alpha value is -0.940. The van der Waals surface area contributed by atoms with Gasteiger partial charge in [0.25, 0.3) is 0 Å². The third-order valence-corrected chi connectivity index (χ3v) is 6.80. The van der Waals surface area contributed by atoms with Gasteiger partial charge >= 0.3 is 5.97 Å². The maximum atomic E-state index is 12.8. The predicted octanol–water partition coefficient (Wildman–Crippen LogP) is 1.28. The molecule has 0 unspecified atom stereocenters. The number of hydrogen-bond acceptors (Lipinski definition) is 5. The zero-order valence-corrected chi connectivity index (χ0v) is 13.2. The Labute approximate surface area is 131 Å². The lowest BCUT2D eigenvalue weighted by Gasteiger charge is -2.69. The van der Waals surface area contributed by atoms with E-state index < -0.39 is 5.60 Å². The molecule has 2 bridgehead atoms. The van der Waals surface area contributed by atoms with Crippen LogP contribution >= 0.6 is 0 Å². The number of hydrogen-bond donors (Lipinski definition) is 1.